The number of hydrazone groups is 1. The van der Waals surface area contributed by atoms with Crippen LogP contribution in [0.2, 0.25) is 0 Å². The molecule has 3 rings (SSSR count). The van der Waals surface area contributed by atoms with E-state index in [-0.39, 0.29) is 11.5 Å². The van der Waals surface area contributed by atoms with E-state index in [1.54, 1.807) is 25.4 Å². The average molecular weight is 329 g/mol. The maximum absolute atomic E-state index is 12.5. The van der Waals surface area contributed by atoms with Crippen LogP contribution in [0.5, 0.6) is 0 Å². The molecule has 0 unspecified atom stereocenters. The summed E-state index contributed by atoms with van der Waals surface area (Å²) >= 11 is 0. The second-order valence-electron chi connectivity index (χ2n) is 5.28. The highest BCUT2D eigenvalue weighted by Crippen LogP contribution is 2.20. The van der Waals surface area contributed by atoms with Crippen LogP contribution >= 0.6 is 0 Å². The Hall–Kier alpha value is -3.72. The Labute approximate surface area is 144 Å². The first-order valence-electron chi connectivity index (χ1n) is 7.61. The molecule has 1 aromatic heterocycles. The van der Waals surface area contributed by atoms with Crippen molar-refractivity contribution in [3.05, 3.63) is 82.1 Å². The molecular weight excluding hydrogens is 314 g/mol. The smallest absolute Gasteiger partial charge is 0.273 e. The first-order valence-corrected chi connectivity index (χ1v) is 7.61. The fourth-order valence-corrected chi connectivity index (χ4v) is 2.31. The summed E-state index contributed by atoms with van der Waals surface area (Å²) in [4.78, 5) is 16.9. The van der Waals surface area contributed by atoms with Crippen molar-refractivity contribution in [3.63, 3.8) is 0 Å². The van der Waals surface area contributed by atoms with Crippen molar-refractivity contribution in [2.75, 3.05) is 5.43 Å². The second kappa shape index (κ2) is 7.23. The molecule has 0 radical (unpaired) electrons. The third-order valence-electron chi connectivity index (χ3n) is 3.63. The minimum atomic E-state index is -0.422. The highest BCUT2D eigenvalue weighted by molar-refractivity contribution is 5.79. The van der Waals surface area contributed by atoms with Gasteiger partial charge in [0.15, 0.2) is 0 Å². The van der Waals surface area contributed by atoms with E-state index in [0.29, 0.717) is 11.3 Å². The van der Waals surface area contributed by atoms with E-state index in [2.05, 4.69) is 15.5 Å². The van der Waals surface area contributed by atoms with Crippen LogP contribution in [0.15, 0.2) is 70.6 Å². The maximum atomic E-state index is 12.5. The molecule has 0 saturated heterocycles. The summed E-state index contributed by atoms with van der Waals surface area (Å²) in [5.41, 5.74) is 4.31. The van der Waals surface area contributed by atoms with Gasteiger partial charge in [-0.1, -0.05) is 60.7 Å². The number of anilines is 1. The minimum absolute atomic E-state index is 0.00582. The zero-order chi connectivity index (χ0) is 17.6. The third kappa shape index (κ3) is 3.46. The van der Waals surface area contributed by atoms with Gasteiger partial charge in [-0.3, -0.25) is 9.36 Å². The van der Waals surface area contributed by atoms with Gasteiger partial charge in [0.2, 0.25) is 5.95 Å². The molecule has 3 aromatic rings. The monoisotopic (exact) mass is 329 g/mol. The molecule has 0 aliphatic rings. The Bertz CT molecular complexity index is 1000. The number of hydrogen-bond acceptors (Lipinski definition) is 5. The zero-order valence-electron chi connectivity index (χ0n) is 13.5. The molecular formula is C19H15N5O. The van der Waals surface area contributed by atoms with E-state index in [4.69, 9.17) is 0 Å². The first kappa shape index (κ1) is 16.1. The summed E-state index contributed by atoms with van der Waals surface area (Å²) in [6.45, 7) is 0. The van der Waals surface area contributed by atoms with Gasteiger partial charge < -0.3 is 0 Å². The zero-order valence-corrected chi connectivity index (χ0v) is 13.5. The number of rotatable bonds is 4. The molecule has 0 aliphatic carbocycles. The van der Waals surface area contributed by atoms with Crippen LogP contribution in [-0.2, 0) is 7.05 Å². The van der Waals surface area contributed by atoms with Gasteiger partial charge in [0.1, 0.15) is 11.6 Å². The lowest BCUT2D eigenvalue weighted by molar-refractivity contribution is 0.826. The number of nitrogens with one attached hydrogen (secondary N) is 1. The Balaban J connectivity index is 2.00. The SMILES string of the molecule is Cn1c(N/N=C/c2ccccc2)nc(-c2ccccc2)c(C#N)c1=O. The molecule has 122 valence electrons. The molecule has 6 heteroatoms. The van der Waals surface area contributed by atoms with Gasteiger partial charge >= 0.3 is 0 Å². The Kier molecular flexibility index (Phi) is 4.67. The molecule has 25 heavy (non-hydrogen) atoms. The van der Waals surface area contributed by atoms with Crippen LogP contribution in [0.1, 0.15) is 11.1 Å². The fourth-order valence-electron chi connectivity index (χ4n) is 2.31. The van der Waals surface area contributed by atoms with Crippen LogP contribution in [0.3, 0.4) is 0 Å². The van der Waals surface area contributed by atoms with Crippen molar-refractivity contribution in [1.29, 1.82) is 5.26 Å². The standard InChI is InChI=1S/C19H15N5O/c1-24-18(25)16(12-20)17(15-10-6-3-7-11-15)22-19(24)23-21-13-14-8-4-2-5-9-14/h2-11,13H,1H3,(H,22,23)/b21-13+. The number of nitrogens with zero attached hydrogens (tertiary/aromatic N) is 4. The molecule has 2 aromatic carbocycles. The lowest BCUT2D eigenvalue weighted by Crippen LogP contribution is -2.24. The van der Waals surface area contributed by atoms with Gasteiger partial charge in [-0.25, -0.2) is 10.4 Å². The normalized spacial score (nSPS) is 10.6. The van der Waals surface area contributed by atoms with E-state index in [1.807, 2.05) is 54.6 Å². The van der Waals surface area contributed by atoms with E-state index < -0.39 is 5.56 Å². The number of nitriles is 1. The molecule has 0 atom stereocenters. The Morgan fingerprint density at radius 3 is 2.40 bits per heavy atom. The third-order valence-corrected chi connectivity index (χ3v) is 3.63. The van der Waals surface area contributed by atoms with Gasteiger partial charge in [-0.05, 0) is 5.56 Å². The van der Waals surface area contributed by atoms with Gasteiger partial charge in [-0.15, -0.1) is 0 Å². The lowest BCUT2D eigenvalue weighted by Gasteiger charge is -2.10. The molecule has 6 nitrogen and oxygen atoms in total. The topological polar surface area (TPSA) is 83.1 Å². The summed E-state index contributed by atoms with van der Waals surface area (Å²) in [7, 11) is 1.55. The highest BCUT2D eigenvalue weighted by Gasteiger charge is 2.15. The van der Waals surface area contributed by atoms with Crippen molar-refractivity contribution in [2.24, 2.45) is 12.1 Å². The van der Waals surface area contributed by atoms with E-state index in [9.17, 15) is 10.1 Å². The summed E-state index contributed by atoms with van der Waals surface area (Å²) in [6, 6.07) is 20.6. The van der Waals surface area contributed by atoms with Gasteiger partial charge in [-0.2, -0.15) is 10.4 Å². The van der Waals surface area contributed by atoms with Gasteiger partial charge in [0.05, 0.1) is 11.9 Å². The molecule has 0 spiro atoms. The summed E-state index contributed by atoms with van der Waals surface area (Å²) < 4.78 is 1.27. The molecule has 0 fully saturated rings. The Morgan fingerprint density at radius 2 is 1.76 bits per heavy atom. The van der Waals surface area contributed by atoms with E-state index in [0.717, 1.165) is 5.56 Å². The largest absolute Gasteiger partial charge is 0.279 e. The number of aromatic nitrogens is 2. The minimum Gasteiger partial charge on any atom is -0.279 e. The molecule has 0 amide bonds. The molecule has 0 saturated carbocycles. The van der Waals surface area contributed by atoms with Crippen LogP contribution < -0.4 is 11.0 Å². The Morgan fingerprint density at radius 1 is 1.12 bits per heavy atom. The van der Waals surface area contributed by atoms with E-state index in [1.165, 1.54) is 4.57 Å². The van der Waals surface area contributed by atoms with Crippen LogP contribution in [0, 0.1) is 11.3 Å². The van der Waals surface area contributed by atoms with Crippen molar-refractivity contribution in [2.45, 2.75) is 0 Å². The van der Waals surface area contributed by atoms with Crippen molar-refractivity contribution >= 4 is 12.2 Å². The van der Waals surface area contributed by atoms with Crippen molar-refractivity contribution < 1.29 is 0 Å². The van der Waals surface area contributed by atoms with Gasteiger partial charge in [0.25, 0.3) is 5.56 Å². The highest BCUT2D eigenvalue weighted by atomic mass is 16.1. The molecule has 1 N–H and O–H groups in total. The van der Waals surface area contributed by atoms with Crippen LogP contribution in [0.4, 0.5) is 5.95 Å². The lowest BCUT2D eigenvalue weighted by atomic mass is 10.1. The van der Waals surface area contributed by atoms with Crippen LogP contribution in [0.25, 0.3) is 11.3 Å². The summed E-state index contributed by atoms with van der Waals surface area (Å²) in [5.74, 6) is 0.259. The van der Waals surface area contributed by atoms with Crippen molar-refractivity contribution in [3.8, 4) is 17.3 Å². The average Bonchev–Trinajstić information content (AvgIpc) is 2.66. The van der Waals surface area contributed by atoms with Crippen LogP contribution in [-0.4, -0.2) is 15.8 Å². The quantitative estimate of drug-likeness (QED) is 0.589. The van der Waals surface area contributed by atoms with Gasteiger partial charge in [0, 0.05) is 12.6 Å². The summed E-state index contributed by atoms with van der Waals surface area (Å²) in [5, 5.41) is 13.5. The number of benzene rings is 2. The molecule has 1 heterocycles. The number of hydrogen-bond donors (Lipinski definition) is 1. The maximum Gasteiger partial charge on any atom is 0.273 e. The predicted molar refractivity (Wildman–Crippen MR) is 97.3 cm³/mol. The van der Waals surface area contributed by atoms with E-state index >= 15 is 0 Å². The molecule has 0 bridgehead atoms. The first-order chi connectivity index (χ1) is 12.2. The van der Waals surface area contributed by atoms with Crippen molar-refractivity contribution in [1.82, 2.24) is 9.55 Å². The second-order valence-corrected chi connectivity index (χ2v) is 5.28. The predicted octanol–water partition coefficient (Wildman–Crippen LogP) is 2.76. The fraction of sp³-hybridized carbons (Fsp3) is 0.0526. The molecule has 0 aliphatic heterocycles. The summed E-state index contributed by atoms with van der Waals surface area (Å²) in [6.07, 6.45) is 1.63.